The lowest BCUT2D eigenvalue weighted by Crippen LogP contribution is -2.44. The smallest absolute Gasteiger partial charge is 0.262 e. The number of aryl methyl sites for hydroxylation is 2. The second kappa shape index (κ2) is 9.78. The summed E-state index contributed by atoms with van der Waals surface area (Å²) < 4.78 is 28.8. The van der Waals surface area contributed by atoms with Crippen molar-refractivity contribution in [1.82, 2.24) is 29.1 Å². The van der Waals surface area contributed by atoms with Gasteiger partial charge in [0.1, 0.15) is 11.6 Å². The molecule has 0 radical (unpaired) electrons. The van der Waals surface area contributed by atoms with Crippen LogP contribution >= 0.6 is 0 Å². The van der Waals surface area contributed by atoms with Crippen molar-refractivity contribution in [3.8, 4) is 0 Å². The Morgan fingerprint density at radius 1 is 1.09 bits per heavy atom. The molecule has 2 fully saturated rings. The molecule has 1 N–H and O–H groups in total. The van der Waals surface area contributed by atoms with Gasteiger partial charge >= 0.3 is 0 Å². The molecular weight excluding hydrogens is 442 g/mol. The van der Waals surface area contributed by atoms with Gasteiger partial charge in [0.15, 0.2) is 5.03 Å². The Balaban J connectivity index is 1.25. The summed E-state index contributed by atoms with van der Waals surface area (Å²) in [6.07, 6.45) is 4.35. The second-order valence-electron chi connectivity index (χ2n) is 8.95. The lowest BCUT2D eigenvalue weighted by molar-refractivity contribution is -0.126. The highest BCUT2D eigenvalue weighted by molar-refractivity contribution is 7.89. The first-order chi connectivity index (χ1) is 15.7. The molecule has 0 bridgehead atoms. The largest absolute Gasteiger partial charge is 0.354 e. The van der Waals surface area contributed by atoms with Crippen LogP contribution in [0.2, 0.25) is 0 Å². The van der Waals surface area contributed by atoms with Gasteiger partial charge in [0, 0.05) is 71.2 Å². The van der Waals surface area contributed by atoms with Crippen LogP contribution in [0.3, 0.4) is 0 Å². The molecule has 0 atom stereocenters. The number of nitrogens with zero attached hydrogens (tertiary/aromatic N) is 6. The number of aromatic nitrogens is 3. The summed E-state index contributed by atoms with van der Waals surface area (Å²) in [6.45, 7) is 6.81. The maximum atomic E-state index is 12.8. The number of piperazine rings is 1. The number of carbonyl (C=O) groups excluding carboxylic acids is 1. The van der Waals surface area contributed by atoms with Crippen molar-refractivity contribution in [2.24, 2.45) is 13.0 Å². The number of sulfonamides is 1. The van der Waals surface area contributed by atoms with E-state index in [-0.39, 0.29) is 16.9 Å². The number of rotatable bonds is 6. The van der Waals surface area contributed by atoms with Gasteiger partial charge < -0.3 is 19.7 Å². The van der Waals surface area contributed by atoms with E-state index in [4.69, 9.17) is 0 Å². The normalized spacial score (nSPS) is 19.1. The van der Waals surface area contributed by atoms with Gasteiger partial charge in [-0.2, -0.15) is 4.31 Å². The van der Waals surface area contributed by atoms with Crippen LogP contribution in [0.25, 0.3) is 0 Å². The van der Waals surface area contributed by atoms with Crippen LogP contribution in [-0.2, 0) is 28.4 Å². The fraction of sp³-hybridized carbons (Fsp3) is 0.591. The van der Waals surface area contributed by atoms with Gasteiger partial charge in [0.05, 0.1) is 0 Å². The van der Waals surface area contributed by atoms with Crippen LogP contribution in [-0.4, -0.2) is 84.4 Å². The van der Waals surface area contributed by atoms with Crippen LogP contribution in [0, 0.1) is 12.8 Å². The molecule has 2 saturated heterocycles. The number of pyridine rings is 1. The topological polar surface area (TPSA) is 104 Å². The lowest BCUT2D eigenvalue weighted by Gasteiger charge is -2.33. The first-order valence-corrected chi connectivity index (χ1v) is 12.8. The second-order valence-corrected chi connectivity index (χ2v) is 10.8. The van der Waals surface area contributed by atoms with Gasteiger partial charge in [-0.15, -0.1) is 0 Å². The number of carbonyl (C=O) groups is 1. The minimum absolute atomic E-state index is 0.0381. The molecule has 10 nitrogen and oxygen atoms in total. The molecule has 2 aliphatic rings. The van der Waals surface area contributed by atoms with Gasteiger partial charge in [0.2, 0.25) is 5.91 Å². The Labute approximate surface area is 195 Å². The third-order valence-corrected chi connectivity index (χ3v) is 8.39. The zero-order valence-electron chi connectivity index (χ0n) is 19.6. The Bertz CT molecular complexity index is 1050. The molecule has 0 saturated carbocycles. The van der Waals surface area contributed by atoms with E-state index in [1.807, 2.05) is 18.3 Å². The molecule has 4 rings (SSSR count). The maximum absolute atomic E-state index is 12.8. The maximum Gasteiger partial charge on any atom is 0.262 e. The zero-order chi connectivity index (χ0) is 23.6. The predicted molar refractivity (Wildman–Crippen MR) is 125 cm³/mol. The summed E-state index contributed by atoms with van der Waals surface area (Å²) in [4.78, 5) is 26.0. The quantitative estimate of drug-likeness (QED) is 0.652. The SMILES string of the molecule is Cc1nc(S(=O)(=O)N2CCC(C(=O)NCc3ccc(N4CCN(C)CC4)nc3)CC2)cn1C. The van der Waals surface area contributed by atoms with Crippen molar-refractivity contribution in [3.05, 3.63) is 35.9 Å². The van der Waals surface area contributed by atoms with Crippen LogP contribution in [0.5, 0.6) is 0 Å². The Morgan fingerprint density at radius 2 is 1.79 bits per heavy atom. The summed E-state index contributed by atoms with van der Waals surface area (Å²) in [5, 5.41) is 3.05. The molecule has 11 heteroatoms. The highest BCUT2D eigenvalue weighted by Crippen LogP contribution is 2.24. The molecule has 4 heterocycles. The summed E-state index contributed by atoms with van der Waals surface area (Å²) in [5.41, 5.74) is 0.951. The van der Waals surface area contributed by atoms with E-state index < -0.39 is 10.0 Å². The van der Waals surface area contributed by atoms with Gasteiger partial charge in [0.25, 0.3) is 10.0 Å². The van der Waals surface area contributed by atoms with Crippen molar-refractivity contribution in [2.75, 3.05) is 51.2 Å². The van der Waals surface area contributed by atoms with E-state index in [1.54, 1.807) is 18.5 Å². The first kappa shape index (κ1) is 23.7. The molecule has 0 unspecified atom stereocenters. The average Bonchev–Trinajstić information content (AvgIpc) is 3.17. The number of imidazole rings is 1. The fourth-order valence-corrected chi connectivity index (χ4v) is 5.71. The highest BCUT2D eigenvalue weighted by Gasteiger charge is 2.33. The Morgan fingerprint density at radius 3 is 2.36 bits per heavy atom. The molecule has 1 amide bonds. The van der Waals surface area contributed by atoms with E-state index in [0.717, 1.165) is 37.6 Å². The number of anilines is 1. The monoisotopic (exact) mass is 475 g/mol. The standard InChI is InChI=1S/C22H33N7O3S/c1-17-25-21(16-27(17)3)33(31,32)29-8-6-19(7-9-29)22(30)24-15-18-4-5-20(23-14-18)28-12-10-26(2)11-13-28/h4-5,14,16,19H,6-13,15H2,1-3H3,(H,24,30). The van der Waals surface area contributed by atoms with Gasteiger partial charge in [-0.1, -0.05) is 6.07 Å². The molecule has 2 aromatic heterocycles. The number of likely N-dealkylation sites (N-methyl/N-ethyl adjacent to an activating group) is 1. The van der Waals surface area contributed by atoms with E-state index in [2.05, 4.69) is 32.1 Å². The van der Waals surface area contributed by atoms with Crippen molar-refractivity contribution in [3.63, 3.8) is 0 Å². The molecule has 0 aliphatic carbocycles. The Kier molecular flexibility index (Phi) is 7.01. The molecule has 0 aromatic carbocycles. The van der Waals surface area contributed by atoms with Crippen molar-refractivity contribution >= 4 is 21.7 Å². The minimum atomic E-state index is -3.63. The van der Waals surface area contributed by atoms with E-state index in [1.165, 1.54) is 10.5 Å². The van der Waals surface area contributed by atoms with Crippen LogP contribution < -0.4 is 10.2 Å². The van der Waals surface area contributed by atoms with Crippen molar-refractivity contribution in [2.45, 2.75) is 31.3 Å². The molecular formula is C22H33N7O3S. The summed E-state index contributed by atoms with van der Waals surface area (Å²) >= 11 is 0. The third kappa shape index (κ3) is 5.36. The third-order valence-electron chi connectivity index (χ3n) is 6.62. The number of piperidine rings is 1. The molecule has 2 aliphatic heterocycles. The highest BCUT2D eigenvalue weighted by atomic mass is 32.2. The van der Waals surface area contributed by atoms with E-state index >= 15 is 0 Å². The molecule has 2 aromatic rings. The number of hydrogen-bond donors (Lipinski definition) is 1. The minimum Gasteiger partial charge on any atom is -0.354 e. The number of amides is 1. The number of hydrogen-bond acceptors (Lipinski definition) is 7. The van der Waals surface area contributed by atoms with Gasteiger partial charge in [-0.05, 0) is 38.4 Å². The van der Waals surface area contributed by atoms with E-state index in [0.29, 0.717) is 38.3 Å². The molecule has 0 spiro atoms. The summed E-state index contributed by atoms with van der Waals surface area (Å²) in [7, 11) is 0.267. The first-order valence-electron chi connectivity index (χ1n) is 11.4. The fourth-order valence-electron chi connectivity index (χ4n) is 4.22. The average molecular weight is 476 g/mol. The predicted octanol–water partition coefficient (Wildman–Crippen LogP) is 0.592. The van der Waals surface area contributed by atoms with Gasteiger partial charge in [-0.3, -0.25) is 4.79 Å². The van der Waals surface area contributed by atoms with E-state index in [9.17, 15) is 13.2 Å². The summed E-state index contributed by atoms with van der Waals surface area (Å²) in [6, 6.07) is 4.01. The zero-order valence-corrected chi connectivity index (χ0v) is 20.4. The molecule has 33 heavy (non-hydrogen) atoms. The van der Waals surface area contributed by atoms with Crippen molar-refractivity contribution in [1.29, 1.82) is 0 Å². The number of nitrogens with one attached hydrogen (secondary N) is 1. The lowest BCUT2D eigenvalue weighted by atomic mass is 9.97. The van der Waals surface area contributed by atoms with Crippen LogP contribution in [0.4, 0.5) is 5.82 Å². The van der Waals surface area contributed by atoms with Gasteiger partial charge in [-0.25, -0.2) is 18.4 Å². The Hall–Kier alpha value is -2.50. The molecule has 180 valence electrons. The van der Waals surface area contributed by atoms with Crippen LogP contribution in [0.1, 0.15) is 24.2 Å². The summed E-state index contributed by atoms with van der Waals surface area (Å²) in [5.74, 6) is 1.38. The van der Waals surface area contributed by atoms with Crippen molar-refractivity contribution < 1.29 is 13.2 Å². The van der Waals surface area contributed by atoms with Crippen LogP contribution in [0.15, 0.2) is 29.6 Å².